The number of pyridine rings is 1. The summed E-state index contributed by atoms with van der Waals surface area (Å²) in [6.45, 7) is 13.8. The second kappa shape index (κ2) is 16.2. The molecule has 0 unspecified atom stereocenters. The molecule has 0 bridgehead atoms. The fourth-order valence-electron chi connectivity index (χ4n) is 4.39. The molecule has 4 heteroatoms. The lowest BCUT2D eigenvalue weighted by Crippen LogP contribution is -2.41. The van der Waals surface area contributed by atoms with Gasteiger partial charge in [0.1, 0.15) is 6.54 Å². The molecule has 0 aliphatic heterocycles. The highest BCUT2D eigenvalue weighted by Crippen LogP contribution is 2.23. The molecule has 2 rings (SSSR count). The number of carbonyl (C=O) groups excluding carboxylic acids is 1. The molecule has 0 atom stereocenters. The maximum atomic E-state index is 12.3. The molecule has 2 aromatic rings. The quantitative estimate of drug-likeness (QED) is 0.178. The third-order valence-electron chi connectivity index (χ3n) is 6.90. The third kappa shape index (κ3) is 11.4. The van der Waals surface area contributed by atoms with Crippen LogP contribution in [0.5, 0.6) is 0 Å². The Morgan fingerprint density at radius 1 is 0.917 bits per heavy atom. The minimum Gasteiger partial charge on any atom is -0.450 e. The van der Waals surface area contributed by atoms with Crippen LogP contribution in [0.15, 0.2) is 55.4 Å². The molecule has 0 aliphatic rings. The number of hydrogen-bond acceptors (Lipinski definition) is 2. The number of unbranched alkanes of at least 4 members (excludes halogenated alkanes) is 9. The van der Waals surface area contributed by atoms with Crippen LogP contribution in [0.25, 0.3) is 5.57 Å². The minimum atomic E-state index is -0.498. The van der Waals surface area contributed by atoms with Crippen molar-refractivity contribution in [3.8, 4) is 0 Å². The molecule has 1 aromatic carbocycles. The molecular formula is C32H49N2O2+. The number of aromatic nitrogens is 1. The van der Waals surface area contributed by atoms with Crippen LogP contribution < -0.4 is 9.88 Å². The Morgan fingerprint density at radius 3 is 2.08 bits per heavy atom. The zero-order valence-electron chi connectivity index (χ0n) is 23.3. The van der Waals surface area contributed by atoms with Gasteiger partial charge in [0, 0.05) is 18.6 Å². The number of ether oxygens (including phenoxy) is 1. The van der Waals surface area contributed by atoms with E-state index < -0.39 is 5.54 Å². The predicted octanol–water partition coefficient (Wildman–Crippen LogP) is 8.13. The van der Waals surface area contributed by atoms with Crippen molar-refractivity contribution >= 4 is 11.7 Å². The van der Waals surface area contributed by atoms with Crippen molar-refractivity contribution in [1.82, 2.24) is 5.32 Å². The highest BCUT2D eigenvalue weighted by atomic mass is 16.5. The van der Waals surface area contributed by atoms with E-state index in [-0.39, 0.29) is 6.09 Å². The minimum absolute atomic E-state index is 0.350. The summed E-state index contributed by atoms with van der Waals surface area (Å²) in [5.41, 5.74) is 4.05. The molecule has 0 fully saturated rings. The highest BCUT2D eigenvalue weighted by Gasteiger charge is 2.23. The van der Waals surface area contributed by atoms with E-state index in [0.29, 0.717) is 6.61 Å². The van der Waals surface area contributed by atoms with Crippen LogP contribution in [0, 0.1) is 0 Å². The van der Waals surface area contributed by atoms with Crippen LogP contribution in [0.3, 0.4) is 0 Å². The molecule has 0 saturated heterocycles. The first-order valence-corrected chi connectivity index (χ1v) is 14.0. The molecule has 0 aliphatic carbocycles. The fourth-order valence-corrected chi connectivity index (χ4v) is 4.39. The fraction of sp³-hybridized carbons (Fsp3) is 0.562. The number of alkyl carbamates (subject to hydrolysis) is 1. The zero-order valence-corrected chi connectivity index (χ0v) is 23.3. The molecule has 198 valence electrons. The van der Waals surface area contributed by atoms with Crippen molar-refractivity contribution in [3.63, 3.8) is 0 Å². The van der Waals surface area contributed by atoms with Gasteiger partial charge in [0.25, 0.3) is 0 Å². The first kappa shape index (κ1) is 29.6. The number of benzene rings is 1. The van der Waals surface area contributed by atoms with E-state index in [2.05, 4.69) is 54.0 Å². The van der Waals surface area contributed by atoms with Gasteiger partial charge in [-0.05, 0) is 62.8 Å². The average Bonchev–Trinajstić information content (AvgIpc) is 2.87. The van der Waals surface area contributed by atoms with Crippen molar-refractivity contribution in [3.05, 3.63) is 72.1 Å². The van der Waals surface area contributed by atoms with Crippen molar-refractivity contribution in [2.45, 2.75) is 110 Å². The first-order chi connectivity index (χ1) is 17.3. The maximum Gasteiger partial charge on any atom is 0.407 e. The molecule has 0 saturated carbocycles. The third-order valence-corrected chi connectivity index (χ3v) is 6.90. The van der Waals surface area contributed by atoms with Gasteiger partial charge in [-0.15, -0.1) is 0 Å². The number of hydrogen-bond donors (Lipinski definition) is 1. The van der Waals surface area contributed by atoms with Crippen molar-refractivity contribution < 1.29 is 14.1 Å². The summed E-state index contributed by atoms with van der Waals surface area (Å²) >= 11 is 0. The van der Waals surface area contributed by atoms with Gasteiger partial charge < -0.3 is 10.1 Å². The summed E-state index contributed by atoms with van der Waals surface area (Å²) in [6.07, 6.45) is 17.6. The van der Waals surface area contributed by atoms with Gasteiger partial charge >= 0.3 is 6.09 Å². The zero-order chi connectivity index (χ0) is 26.2. The summed E-state index contributed by atoms with van der Waals surface area (Å²) in [6, 6.07) is 12.6. The normalized spacial score (nSPS) is 11.3. The van der Waals surface area contributed by atoms with Gasteiger partial charge in [0.15, 0.2) is 12.4 Å². The van der Waals surface area contributed by atoms with Crippen LogP contribution in [0.1, 0.15) is 109 Å². The number of nitrogens with one attached hydrogen (secondary N) is 1. The van der Waals surface area contributed by atoms with Gasteiger partial charge in [-0.1, -0.05) is 82.2 Å². The number of carbonyl (C=O) groups is 1. The lowest BCUT2D eigenvalue weighted by molar-refractivity contribution is -0.697. The molecule has 36 heavy (non-hydrogen) atoms. The van der Waals surface area contributed by atoms with E-state index in [0.717, 1.165) is 42.5 Å². The monoisotopic (exact) mass is 493 g/mol. The summed E-state index contributed by atoms with van der Waals surface area (Å²) in [4.78, 5) is 12.3. The number of aryl methyl sites for hydroxylation is 2. The van der Waals surface area contributed by atoms with E-state index >= 15 is 0 Å². The summed E-state index contributed by atoms with van der Waals surface area (Å²) < 4.78 is 7.74. The van der Waals surface area contributed by atoms with Gasteiger partial charge in [-0.2, -0.15) is 0 Å². The van der Waals surface area contributed by atoms with Gasteiger partial charge in [-0.25, -0.2) is 9.36 Å². The summed E-state index contributed by atoms with van der Waals surface area (Å²) in [5.74, 6) is 0. The van der Waals surface area contributed by atoms with Crippen molar-refractivity contribution in [1.29, 1.82) is 0 Å². The molecule has 0 radical (unpaired) electrons. The first-order valence-electron chi connectivity index (χ1n) is 14.0. The van der Waals surface area contributed by atoms with Crippen LogP contribution in [-0.2, 0) is 23.2 Å². The standard InChI is InChI=1S/C32H48N2O2/c1-6-28-20-23-34(24-21-28)22-15-13-11-9-7-8-10-12-14-16-25-36-31(35)33-32(4,5)30-19-17-18-29(26-30)27(2)3/h17-21,23-24,26H,2,6-16,22,25H2,1,3-5H3/p+1. The Hall–Kier alpha value is -2.62. The lowest BCUT2D eigenvalue weighted by Gasteiger charge is -2.27. The average molecular weight is 494 g/mol. The number of allylic oxidation sites excluding steroid dienone is 1. The molecular weight excluding hydrogens is 444 g/mol. The van der Waals surface area contributed by atoms with Crippen LogP contribution in [-0.4, -0.2) is 12.7 Å². The van der Waals surface area contributed by atoms with Gasteiger partial charge in [0.05, 0.1) is 12.1 Å². The highest BCUT2D eigenvalue weighted by molar-refractivity contribution is 5.69. The Balaban J connectivity index is 1.44. The van der Waals surface area contributed by atoms with E-state index in [9.17, 15) is 4.79 Å². The molecule has 1 heterocycles. The Bertz CT molecular complexity index is 918. The topological polar surface area (TPSA) is 42.2 Å². The second-order valence-corrected chi connectivity index (χ2v) is 10.6. The molecule has 4 nitrogen and oxygen atoms in total. The van der Waals surface area contributed by atoms with E-state index in [1.54, 1.807) is 0 Å². The van der Waals surface area contributed by atoms with Crippen LogP contribution >= 0.6 is 0 Å². The number of rotatable bonds is 17. The Morgan fingerprint density at radius 2 is 1.50 bits per heavy atom. The Labute approximate surface area is 220 Å². The maximum absolute atomic E-state index is 12.3. The number of amides is 1. The number of nitrogens with zero attached hydrogens (tertiary/aromatic N) is 1. The SMILES string of the molecule is C=C(C)c1cccc(C(C)(C)NC(=O)OCCCCCCCCCCCC[n+]2ccc(CC)cc2)c1. The van der Waals surface area contributed by atoms with Gasteiger partial charge in [0.2, 0.25) is 0 Å². The predicted molar refractivity (Wildman–Crippen MR) is 151 cm³/mol. The van der Waals surface area contributed by atoms with Crippen molar-refractivity contribution in [2.75, 3.05) is 6.61 Å². The van der Waals surface area contributed by atoms with Crippen LogP contribution in [0.4, 0.5) is 4.79 Å². The molecule has 1 N–H and O–H groups in total. The summed E-state index contributed by atoms with van der Waals surface area (Å²) in [5, 5.41) is 3.00. The van der Waals surface area contributed by atoms with E-state index in [1.807, 2.05) is 39.0 Å². The van der Waals surface area contributed by atoms with Gasteiger partial charge in [-0.3, -0.25) is 0 Å². The largest absolute Gasteiger partial charge is 0.450 e. The van der Waals surface area contributed by atoms with E-state index in [4.69, 9.17) is 4.74 Å². The van der Waals surface area contributed by atoms with Crippen LogP contribution in [0.2, 0.25) is 0 Å². The molecule has 0 spiro atoms. The molecule has 1 aromatic heterocycles. The lowest BCUT2D eigenvalue weighted by atomic mass is 9.92. The summed E-state index contributed by atoms with van der Waals surface area (Å²) in [7, 11) is 0. The smallest absolute Gasteiger partial charge is 0.407 e. The molecule has 1 amide bonds. The van der Waals surface area contributed by atoms with Crippen molar-refractivity contribution in [2.24, 2.45) is 0 Å². The second-order valence-electron chi connectivity index (χ2n) is 10.6. The van der Waals surface area contributed by atoms with E-state index in [1.165, 1.54) is 56.9 Å². The Kier molecular flexibility index (Phi) is 13.3.